The van der Waals surface area contributed by atoms with Crippen LogP contribution in [0.3, 0.4) is 0 Å². The predicted molar refractivity (Wildman–Crippen MR) is 45.2 cm³/mol. The zero-order valence-corrected chi connectivity index (χ0v) is 6.47. The Balaban J connectivity index is 2.45. The first-order valence-corrected chi connectivity index (χ1v) is 3.92. The van der Waals surface area contributed by atoms with Gasteiger partial charge in [-0.1, -0.05) is 6.07 Å². The van der Waals surface area contributed by atoms with E-state index in [1.165, 1.54) is 17.7 Å². The van der Waals surface area contributed by atoms with Gasteiger partial charge < -0.3 is 4.42 Å². The molecule has 2 radical (unpaired) electrons. The van der Waals surface area contributed by atoms with Crippen LogP contribution in [0.5, 0.6) is 0 Å². The largest absolute Gasteiger partial charge is 0.443 e. The second-order valence-corrected chi connectivity index (χ2v) is 3.18. The molecule has 0 atom stereocenters. The van der Waals surface area contributed by atoms with Crippen LogP contribution in [0, 0.1) is 0 Å². The van der Waals surface area contributed by atoms with E-state index < -0.39 is 0 Å². The molecule has 0 fully saturated rings. The average Bonchev–Trinajstić information content (AvgIpc) is 2.55. The van der Waals surface area contributed by atoms with Crippen LogP contribution in [0.1, 0.15) is 0 Å². The molecule has 2 rings (SSSR count). The normalized spacial score (nSPS) is 10.2. The molecule has 52 valence electrons. The monoisotopic (exact) mass is 161 g/mol. The van der Waals surface area contributed by atoms with Crippen molar-refractivity contribution in [2.45, 2.75) is 0 Å². The molecule has 0 unspecified atom stereocenters. The summed E-state index contributed by atoms with van der Waals surface area (Å²) in [7, 11) is 5.54. The van der Waals surface area contributed by atoms with Crippen LogP contribution in [0.2, 0.25) is 0 Å². The van der Waals surface area contributed by atoms with Crippen molar-refractivity contribution in [1.82, 2.24) is 4.98 Å². The fourth-order valence-corrected chi connectivity index (χ4v) is 1.55. The maximum atomic E-state index is 5.54. The van der Waals surface area contributed by atoms with Gasteiger partial charge in [0, 0.05) is 0 Å². The molecule has 4 heteroatoms. The molecule has 0 bridgehead atoms. The molecular formula is C7H4BNOS. The smallest absolute Gasteiger partial charge is 0.181 e. The Morgan fingerprint density at radius 3 is 2.91 bits per heavy atom. The Labute approximate surface area is 69.3 Å². The van der Waals surface area contributed by atoms with Crippen molar-refractivity contribution >= 4 is 24.0 Å². The molecule has 2 heterocycles. The van der Waals surface area contributed by atoms with E-state index >= 15 is 0 Å². The Morgan fingerprint density at radius 1 is 1.45 bits per heavy atom. The van der Waals surface area contributed by atoms with Crippen LogP contribution in [-0.2, 0) is 0 Å². The van der Waals surface area contributed by atoms with Crippen molar-refractivity contribution in [3.63, 3.8) is 0 Å². The summed E-state index contributed by atoms with van der Waals surface area (Å²) in [6.07, 6.45) is 3.08. The molecule has 0 saturated heterocycles. The van der Waals surface area contributed by atoms with Gasteiger partial charge in [0.25, 0.3) is 0 Å². The highest BCUT2D eigenvalue weighted by Gasteiger charge is 2.01. The van der Waals surface area contributed by atoms with E-state index in [9.17, 15) is 0 Å². The summed E-state index contributed by atoms with van der Waals surface area (Å²) in [5, 5.41) is 0. The second-order valence-electron chi connectivity index (χ2n) is 2.07. The van der Waals surface area contributed by atoms with Crippen LogP contribution in [0.4, 0.5) is 0 Å². The minimum atomic E-state index is 0.770. The Morgan fingerprint density at radius 2 is 2.36 bits per heavy atom. The standard InChI is InChI=1S/C7H4BNOS/c8-7-2-1-6(11-7)5-3-9-4-10-5/h1-4H. The van der Waals surface area contributed by atoms with E-state index in [0.717, 1.165) is 15.4 Å². The second kappa shape index (κ2) is 2.55. The molecule has 0 aliphatic carbocycles. The van der Waals surface area contributed by atoms with Gasteiger partial charge in [-0.15, -0.1) is 11.3 Å². The summed E-state index contributed by atoms with van der Waals surface area (Å²) in [6, 6.07) is 3.77. The van der Waals surface area contributed by atoms with E-state index in [2.05, 4.69) is 4.98 Å². The lowest BCUT2D eigenvalue weighted by Crippen LogP contribution is -1.88. The van der Waals surface area contributed by atoms with Crippen LogP contribution < -0.4 is 4.78 Å². The molecule has 0 N–H and O–H groups in total. The van der Waals surface area contributed by atoms with E-state index in [0.29, 0.717) is 0 Å². The molecule has 11 heavy (non-hydrogen) atoms. The molecule has 2 nitrogen and oxygen atoms in total. The van der Waals surface area contributed by atoms with Gasteiger partial charge in [0.05, 0.1) is 11.1 Å². The van der Waals surface area contributed by atoms with Crippen molar-refractivity contribution in [2.24, 2.45) is 0 Å². The lowest BCUT2D eigenvalue weighted by Gasteiger charge is -1.84. The van der Waals surface area contributed by atoms with E-state index in [4.69, 9.17) is 12.3 Å². The third kappa shape index (κ3) is 1.21. The first-order chi connectivity index (χ1) is 5.36. The highest BCUT2D eigenvalue weighted by molar-refractivity contribution is 7.22. The molecule has 0 aliphatic rings. The fraction of sp³-hybridized carbons (Fsp3) is 0. The summed E-state index contributed by atoms with van der Waals surface area (Å²) in [5.41, 5.74) is 0. The van der Waals surface area contributed by atoms with Crippen molar-refractivity contribution in [1.29, 1.82) is 0 Å². The highest BCUT2D eigenvalue weighted by atomic mass is 32.1. The quantitative estimate of drug-likeness (QED) is 0.587. The van der Waals surface area contributed by atoms with Gasteiger partial charge in [-0.2, -0.15) is 0 Å². The maximum Gasteiger partial charge on any atom is 0.181 e. The van der Waals surface area contributed by atoms with Crippen LogP contribution in [0.25, 0.3) is 10.6 Å². The molecule has 0 aromatic carbocycles. The number of aromatic nitrogens is 1. The predicted octanol–water partition coefficient (Wildman–Crippen LogP) is 1.20. The van der Waals surface area contributed by atoms with E-state index in [-0.39, 0.29) is 0 Å². The Bertz CT molecular complexity index is 341. The van der Waals surface area contributed by atoms with Gasteiger partial charge in [-0.05, 0) is 10.8 Å². The van der Waals surface area contributed by atoms with Crippen molar-refractivity contribution in [2.75, 3.05) is 0 Å². The minimum Gasteiger partial charge on any atom is -0.443 e. The number of thiophene rings is 1. The van der Waals surface area contributed by atoms with Crippen molar-refractivity contribution in [3.05, 3.63) is 24.7 Å². The highest BCUT2D eigenvalue weighted by Crippen LogP contribution is 2.21. The number of oxazole rings is 1. The van der Waals surface area contributed by atoms with Gasteiger partial charge in [-0.25, -0.2) is 4.98 Å². The van der Waals surface area contributed by atoms with Gasteiger partial charge in [0.1, 0.15) is 7.85 Å². The zero-order valence-electron chi connectivity index (χ0n) is 5.65. The Hall–Kier alpha value is -1.03. The Kier molecular flexibility index (Phi) is 1.54. The molecule has 0 saturated carbocycles. The van der Waals surface area contributed by atoms with Crippen molar-refractivity contribution < 1.29 is 4.42 Å². The number of hydrogen-bond donors (Lipinski definition) is 0. The summed E-state index contributed by atoms with van der Waals surface area (Å²) in [5.74, 6) is 0.770. The summed E-state index contributed by atoms with van der Waals surface area (Å²) >= 11 is 1.49. The fourth-order valence-electron chi connectivity index (χ4n) is 0.823. The van der Waals surface area contributed by atoms with E-state index in [1.54, 1.807) is 6.20 Å². The SMILES string of the molecule is [B]c1ccc(-c2cnco2)s1. The van der Waals surface area contributed by atoms with Crippen LogP contribution >= 0.6 is 11.3 Å². The van der Waals surface area contributed by atoms with Gasteiger partial charge >= 0.3 is 0 Å². The molecule has 0 aliphatic heterocycles. The molecule has 0 amide bonds. The first kappa shape index (κ1) is 6.67. The third-order valence-corrected chi connectivity index (χ3v) is 2.23. The van der Waals surface area contributed by atoms with Crippen LogP contribution in [0.15, 0.2) is 29.1 Å². The minimum absolute atomic E-state index is 0.770. The van der Waals surface area contributed by atoms with Gasteiger partial charge in [-0.3, -0.25) is 0 Å². The molecule has 2 aromatic heterocycles. The maximum absolute atomic E-state index is 5.54. The summed E-state index contributed by atoms with van der Waals surface area (Å²) < 4.78 is 5.86. The van der Waals surface area contributed by atoms with Crippen molar-refractivity contribution in [3.8, 4) is 10.6 Å². The zero-order chi connectivity index (χ0) is 7.68. The summed E-state index contributed by atoms with van der Waals surface area (Å²) in [6.45, 7) is 0. The number of hydrogen-bond acceptors (Lipinski definition) is 3. The molecule has 0 spiro atoms. The van der Waals surface area contributed by atoms with Gasteiger partial charge in [0.2, 0.25) is 0 Å². The number of nitrogens with zero attached hydrogens (tertiary/aromatic N) is 1. The summed E-state index contributed by atoms with van der Waals surface area (Å²) in [4.78, 5) is 4.82. The van der Waals surface area contributed by atoms with E-state index in [1.807, 2.05) is 12.1 Å². The topological polar surface area (TPSA) is 26.0 Å². The third-order valence-electron chi connectivity index (χ3n) is 1.30. The molecular weight excluding hydrogens is 157 g/mol. The van der Waals surface area contributed by atoms with Crippen LogP contribution in [-0.4, -0.2) is 12.8 Å². The first-order valence-electron chi connectivity index (χ1n) is 3.10. The number of rotatable bonds is 1. The van der Waals surface area contributed by atoms with Gasteiger partial charge in [0.15, 0.2) is 12.2 Å². The average molecular weight is 161 g/mol. The lowest BCUT2D eigenvalue weighted by molar-refractivity contribution is 0.573. The molecule has 2 aromatic rings. The lowest BCUT2D eigenvalue weighted by atomic mass is 10.1.